The second-order valence-electron chi connectivity index (χ2n) is 10.6. The van der Waals surface area contributed by atoms with E-state index in [9.17, 15) is 18.4 Å². The third-order valence-corrected chi connectivity index (χ3v) is 7.64. The maximum absolute atomic E-state index is 14.2. The fraction of sp³-hybridized carbons (Fsp3) is 0.281. The molecule has 3 aromatic carbocycles. The Kier molecular flexibility index (Phi) is 11.0. The molecule has 5 rings (SSSR count). The molecule has 2 heterocycles. The summed E-state index contributed by atoms with van der Waals surface area (Å²) in [5.74, 6) is -0.0835. The van der Waals surface area contributed by atoms with Crippen LogP contribution in [0.5, 0.6) is 0 Å². The Morgan fingerprint density at radius 3 is 2.50 bits per heavy atom. The van der Waals surface area contributed by atoms with Crippen LogP contribution >= 0.6 is 25.1 Å². The van der Waals surface area contributed by atoms with E-state index in [1.165, 1.54) is 24.3 Å². The topological polar surface area (TPSA) is 105 Å². The predicted octanol–water partition coefficient (Wildman–Crippen LogP) is 6.38. The molecule has 1 aliphatic rings. The van der Waals surface area contributed by atoms with Crippen LogP contribution in [-0.4, -0.2) is 38.9 Å². The van der Waals surface area contributed by atoms with Crippen LogP contribution in [0.15, 0.2) is 66.7 Å². The fourth-order valence-electron chi connectivity index (χ4n) is 5.05. The van der Waals surface area contributed by atoms with Crippen molar-refractivity contribution in [1.82, 2.24) is 14.5 Å². The smallest absolute Gasteiger partial charge is 0.240 e. The molecule has 1 aliphatic heterocycles. The largest absolute Gasteiger partial charge is 0.340 e. The quantitative estimate of drug-likeness (QED) is 0.187. The van der Waals surface area contributed by atoms with Gasteiger partial charge in [0.1, 0.15) is 29.0 Å². The lowest BCUT2D eigenvalue weighted by Crippen LogP contribution is -2.47. The van der Waals surface area contributed by atoms with Gasteiger partial charge in [0.15, 0.2) is 0 Å². The number of imidazole rings is 1. The molecule has 0 saturated heterocycles. The standard InChI is InChI=1S/C32H33ClF2N6O2.H2S/c1-2-3-7-29(42)37-23-10-8-20(9-11-23)16-27(36)32(43)40-14-15-41-28(19-40)39-30(21-5-4-6-22(34)17-21)31(41)38-24-12-13-25(33)26(35)18-24;/h4-6,8-13,17-18,27,38H,2-3,7,14-16,19,36H2,1H3,(H,37,42);1H2/t27-;/m0./s1. The van der Waals surface area contributed by atoms with Crippen LogP contribution in [0.25, 0.3) is 11.3 Å². The summed E-state index contributed by atoms with van der Waals surface area (Å²) in [7, 11) is 0. The molecule has 44 heavy (non-hydrogen) atoms. The number of hydrogen-bond acceptors (Lipinski definition) is 5. The predicted molar refractivity (Wildman–Crippen MR) is 174 cm³/mol. The average molecular weight is 641 g/mol. The lowest BCUT2D eigenvalue weighted by atomic mass is 10.0. The van der Waals surface area contributed by atoms with E-state index in [2.05, 4.69) is 10.6 Å². The first-order valence-electron chi connectivity index (χ1n) is 14.2. The number of fused-ring (bicyclic) bond motifs is 1. The minimum atomic E-state index is -0.774. The fourth-order valence-corrected chi connectivity index (χ4v) is 5.17. The van der Waals surface area contributed by atoms with Crippen molar-refractivity contribution >= 4 is 54.1 Å². The number of nitrogens with zero attached hydrogens (tertiary/aromatic N) is 3. The van der Waals surface area contributed by atoms with Gasteiger partial charge in [0, 0.05) is 36.4 Å². The third kappa shape index (κ3) is 7.77. The molecular weight excluding hydrogens is 606 g/mol. The molecule has 8 nitrogen and oxygen atoms in total. The molecule has 1 aromatic heterocycles. The number of amides is 2. The second-order valence-corrected chi connectivity index (χ2v) is 11.0. The molecule has 4 N–H and O–H groups in total. The monoisotopic (exact) mass is 640 g/mol. The molecule has 232 valence electrons. The van der Waals surface area contributed by atoms with Gasteiger partial charge < -0.3 is 25.8 Å². The number of nitrogens with one attached hydrogen (secondary N) is 2. The normalized spacial score (nSPS) is 13.1. The van der Waals surface area contributed by atoms with Gasteiger partial charge in [-0.3, -0.25) is 9.59 Å². The van der Waals surface area contributed by atoms with E-state index >= 15 is 0 Å². The summed E-state index contributed by atoms with van der Waals surface area (Å²) in [6.07, 6.45) is 2.60. The summed E-state index contributed by atoms with van der Waals surface area (Å²) in [6, 6.07) is 17.0. The SMILES string of the molecule is CCCCC(=O)Nc1ccc(C[C@H](N)C(=O)N2CCn3c(nc(-c4cccc(F)c4)c3Nc3ccc(Cl)c(F)c3)C2)cc1.S. The molecule has 0 unspecified atom stereocenters. The van der Waals surface area contributed by atoms with Crippen LogP contribution in [-0.2, 0) is 29.1 Å². The number of rotatable bonds is 10. The lowest BCUT2D eigenvalue weighted by Gasteiger charge is -2.30. The van der Waals surface area contributed by atoms with Crippen LogP contribution in [0.4, 0.5) is 26.0 Å². The van der Waals surface area contributed by atoms with Crippen molar-refractivity contribution < 1.29 is 18.4 Å². The Labute approximate surface area is 267 Å². The lowest BCUT2D eigenvalue weighted by molar-refractivity contribution is -0.134. The van der Waals surface area contributed by atoms with Crippen molar-refractivity contribution in [3.63, 3.8) is 0 Å². The summed E-state index contributed by atoms with van der Waals surface area (Å²) < 4.78 is 30.2. The molecular formula is C32H35ClF2N6O2S. The number of carbonyl (C=O) groups is 2. The van der Waals surface area contributed by atoms with Crippen LogP contribution in [0.2, 0.25) is 5.02 Å². The number of carbonyl (C=O) groups excluding carboxylic acids is 2. The second kappa shape index (κ2) is 14.7. The van der Waals surface area contributed by atoms with Crippen molar-refractivity contribution in [2.24, 2.45) is 5.73 Å². The number of hydrogen-bond donors (Lipinski definition) is 3. The molecule has 1 atom stereocenters. The van der Waals surface area contributed by atoms with Crippen molar-refractivity contribution in [2.75, 3.05) is 17.2 Å². The number of halogens is 3. The van der Waals surface area contributed by atoms with E-state index in [-0.39, 0.29) is 36.9 Å². The van der Waals surface area contributed by atoms with E-state index in [4.69, 9.17) is 22.3 Å². The van der Waals surface area contributed by atoms with Gasteiger partial charge in [0.05, 0.1) is 17.6 Å². The van der Waals surface area contributed by atoms with Gasteiger partial charge in [-0.25, -0.2) is 13.8 Å². The first kappa shape index (κ1) is 33.0. The van der Waals surface area contributed by atoms with E-state index in [1.807, 2.05) is 35.8 Å². The van der Waals surface area contributed by atoms with E-state index < -0.39 is 17.7 Å². The Hall–Kier alpha value is -3.93. The number of anilines is 3. The maximum Gasteiger partial charge on any atom is 0.240 e. The van der Waals surface area contributed by atoms with E-state index in [0.717, 1.165) is 18.4 Å². The van der Waals surface area contributed by atoms with Crippen LogP contribution in [0.1, 0.15) is 37.6 Å². The van der Waals surface area contributed by atoms with Gasteiger partial charge >= 0.3 is 0 Å². The number of unbranched alkanes of at least 4 members (excludes halogenated alkanes) is 1. The molecule has 0 aliphatic carbocycles. The Morgan fingerprint density at radius 1 is 1.05 bits per heavy atom. The van der Waals surface area contributed by atoms with Gasteiger partial charge in [-0.2, -0.15) is 13.5 Å². The highest BCUT2D eigenvalue weighted by Gasteiger charge is 2.29. The number of nitrogens with two attached hydrogens (primary N) is 1. The van der Waals surface area contributed by atoms with Gasteiger partial charge in [-0.05, 0) is 60.9 Å². The zero-order valence-electron chi connectivity index (χ0n) is 24.2. The Morgan fingerprint density at radius 2 is 1.80 bits per heavy atom. The summed E-state index contributed by atoms with van der Waals surface area (Å²) in [5.41, 5.74) is 9.40. The Balaban J connectivity index is 0.00000442. The van der Waals surface area contributed by atoms with Gasteiger partial charge in [-0.15, -0.1) is 0 Å². The minimum Gasteiger partial charge on any atom is -0.340 e. The Bertz CT molecular complexity index is 1630. The molecule has 2 amide bonds. The summed E-state index contributed by atoms with van der Waals surface area (Å²) in [6.45, 7) is 3.02. The van der Waals surface area contributed by atoms with Crippen molar-refractivity contribution in [2.45, 2.75) is 51.7 Å². The third-order valence-electron chi connectivity index (χ3n) is 7.33. The molecule has 0 saturated carbocycles. The summed E-state index contributed by atoms with van der Waals surface area (Å²) >= 11 is 5.86. The van der Waals surface area contributed by atoms with Crippen LogP contribution in [0.3, 0.4) is 0 Å². The number of aromatic nitrogens is 2. The van der Waals surface area contributed by atoms with E-state index in [1.54, 1.807) is 23.1 Å². The number of benzene rings is 3. The van der Waals surface area contributed by atoms with Crippen molar-refractivity contribution in [3.8, 4) is 11.3 Å². The molecule has 12 heteroatoms. The highest BCUT2D eigenvalue weighted by atomic mass is 35.5. The first-order valence-corrected chi connectivity index (χ1v) is 14.6. The van der Waals surface area contributed by atoms with Crippen LogP contribution in [0, 0.1) is 11.6 Å². The van der Waals surface area contributed by atoms with Crippen molar-refractivity contribution in [1.29, 1.82) is 0 Å². The van der Waals surface area contributed by atoms with Crippen molar-refractivity contribution in [3.05, 3.63) is 94.8 Å². The maximum atomic E-state index is 14.2. The highest BCUT2D eigenvalue weighted by molar-refractivity contribution is 7.59. The van der Waals surface area contributed by atoms with E-state index in [0.29, 0.717) is 60.2 Å². The molecule has 0 bridgehead atoms. The highest BCUT2D eigenvalue weighted by Crippen LogP contribution is 2.34. The molecule has 0 radical (unpaired) electrons. The van der Waals surface area contributed by atoms with Gasteiger partial charge in [-0.1, -0.05) is 49.2 Å². The summed E-state index contributed by atoms with van der Waals surface area (Å²) in [4.78, 5) is 31.8. The molecule has 0 spiro atoms. The zero-order valence-corrected chi connectivity index (χ0v) is 26.0. The zero-order chi connectivity index (χ0) is 30.5. The van der Waals surface area contributed by atoms with Gasteiger partial charge in [0.2, 0.25) is 11.8 Å². The average Bonchev–Trinajstić information content (AvgIpc) is 3.36. The molecule has 4 aromatic rings. The minimum absolute atomic E-state index is 0. The molecule has 0 fully saturated rings. The first-order chi connectivity index (χ1) is 20.7. The summed E-state index contributed by atoms with van der Waals surface area (Å²) in [5, 5.41) is 6.10. The van der Waals surface area contributed by atoms with Crippen LogP contribution < -0.4 is 16.4 Å². The van der Waals surface area contributed by atoms with Gasteiger partial charge in [0.25, 0.3) is 0 Å².